The number of carbonyl (C=O) groups is 2. The number of nitro groups is 1. The molecular formula is C18H17N3O5. The van der Waals surface area contributed by atoms with Gasteiger partial charge in [0.05, 0.1) is 16.3 Å². The van der Waals surface area contributed by atoms with Crippen LogP contribution in [0.3, 0.4) is 0 Å². The monoisotopic (exact) mass is 355 g/mol. The highest BCUT2D eigenvalue weighted by Gasteiger charge is 2.31. The first-order chi connectivity index (χ1) is 12.4. The number of rotatable bonds is 4. The Morgan fingerprint density at radius 1 is 1.31 bits per heavy atom. The maximum absolute atomic E-state index is 12.8. The number of para-hydroxylation sites is 2. The molecule has 0 aliphatic carbocycles. The van der Waals surface area contributed by atoms with Crippen LogP contribution < -0.4 is 15.0 Å². The molecule has 0 spiro atoms. The van der Waals surface area contributed by atoms with Gasteiger partial charge in [-0.3, -0.25) is 24.6 Å². The predicted molar refractivity (Wildman–Crippen MR) is 95.3 cm³/mol. The second-order valence-electron chi connectivity index (χ2n) is 5.98. The van der Waals surface area contributed by atoms with Crippen molar-refractivity contribution < 1.29 is 19.2 Å². The molecular weight excluding hydrogens is 338 g/mol. The van der Waals surface area contributed by atoms with Crippen molar-refractivity contribution in [3.05, 3.63) is 58.1 Å². The third kappa shape index (κ3) is 3.34. The van der Waals surface area contributed by atoms with Gasteiger partial charge in [0, 0.05) is 6.07 Å². The van der Waals surface area contributed by atoms with Crippen molar-refractivity contribution in [2.45, 2.75) is 20.0 Å². The van der Waals surface area contributed by atoms with E-state index in [1.807, 2.05) is 0 Å². The summed E-state index contributed by atoms with van der Waals surface area (Å²) in [5.74, 6) is -0.760. The number of carbonyl (C=O) groups excluding carboxylic acids is 2. The van der Waals surface area contributed by atoms with Crippen molar-refractivity contribution in [1.82, 2.24) is 0 Å². The lowest BCUT2D eigenvalue weighted by molar-refractivity contribution is -0.386. The van der Waals surface area contributed by atoms with Gasteiger partial charge in [-0.15, -0.1) is 0 Å². The van der Waals surface area contributed by atoms with E-state index < -0.39 is 16.9 Å². The van der Waals surface area contributed by atoms with Crippen LogP contribution in [0.5, 0.6) is 5.75 Å². The van der Waals surface area contributed by atoms with Gasteiger partial charge in [-0.2, -0.15) is 0 Å². The van der Waals surface area contributed by atoms with Crippen molar-refractivity contribution in [3.63, 3.8) is 0 Å². The van der Waals surface area contributed by atoms with Crippen LogP contribution in [-0.2, 0) is 9.59 Å². The minimum atomic E-state index is -1.00. The highest BCUT2D eigenvalue weighted by atomic mass is 16.6. The molecule has 0 unspecified atom stereocenters. The summed E-state index contributed by atoms with van der Waals surface area (Å²) < 4.78 is 5.56. The van der Waals surface area contributed by atoms with Crippen molar-refractivity contribution in [1.29, 1.82) is 0 Å². The molecule has 3 rings (SSSR count). The summed E-state index contributed by atoms with van der Waals surface area (Å²) in [4.78, 5) is 36.7. The molecule has 2 aromatic carbocycles. The van der Waals surface area contributed by atoms with E-state index in [2.05, 4.69) is 5.32 Å². The molecule has 0 bridgehead atoms. The van der Waals surface area contributed by atoms with Crippen LogP contribution in [0.25, 0.3) is 0 Å². The van der Waals surface area contributed by atoms with Gasteiger partial charge in [0.1, 0.15) is 6.54 Å². The van der Waals surface area contributed by atoms with Crippen molar-refractivity contribution >= 4 is 28.9 Å². The molecule has 134 valence electrons. The fourth-order valence-corrected chi connectivity index (χ4v) is 2.76. The zero-order chi connectivity index (χ0) is 18.8. The third-order valence-electron chi connectivity index (χ3n) is 4.00. The summed E-state index contributed by atoms with van der Waals surface area (Å²) in [5, 5.41) is 13.9. The second kappa shape index (κ2) is 6.83. The van der Waals surface area contributed by atoms with Crippen molar-refractivity contribution in [2.75, 3.05) is 16.8 Å². The number of nitro benzene ring substituents is 1. The molecule has 2 aromatic rings. The van der Waals surface area contributed by atoms with Gasteiger partial charge in [0.15, 0.2) is 11.9 Å². The highest BCUT2D eigenvalue weighted by molar-refractivity contribution is 6.10. The molecule has 8 heteroatoms. The average Bonchev–Trinajstić information content (AvgIpc) is 2.61. The van der Waals surface area contributed by atoms with E-state index in [0.29, 0.717) is 16.9 Å². The van der Waals surface area contributed by atoms with Gasteiger partial charge >= 0.3 is 5.69 Å². The van der Waals surface area contributed by atoms with Crippen molar-refractivity contribution in [2.24, 2.45) is 0 Å². The molecule has 1 aliphatic heterocycles. The summed E-state index contributed by atoms with van der Waals surface area (Å²) in [6, 6.07) is 11.4. The maximum atomic E-state index is 12.8. The van der Waals surface area contributed by atoms with E-state index in [1.165, 1.54) is 24.0 Å². The number of anilines is 2. The zero-order valence-corrected chi connectivity index (χ0v) is 14.3. The Morgan fingerprint density at radius 2 is 2.04 bits per heavy atom. The number of nitrogens with zero attached hydrogens (tertiary/aromatic N) is 2. The number of hydrogen-bond donors (Lipinski definition) is 1. The minimum Gasteiger partial charge on any atom is -0.474 e. The number of fused-ring (bicyclic) bond motifs is 1. The van der Waals surface area contributed by atoms with Crippen LogP contribution in [0, 0.1) is 17.0 Å². The lowest BCUT2D eigenvalue weighted by atomic mass is 10.1. The van der Waals surface area contributed by atoms with Crippen LogP contribution in [0.2, 0.25) is 0 Å². The number of ether oxygens (including phenoxy) is 1. The quantitative estimate of drug-likeness (QED) is 0.671. The smallest absolute Gasteiger partial charge is 0.311 e. The number of nitrogens with one attached hydrogen (secondary N) is 1. The number of hydrogen-bond acceptors (Lipinski definition) is 5. The Kier molecular flexibility index (Phi) is 4.57. The van der Waals surface area contributed by atoms with Gasteiger partial charge < -0.3 is 10.1 Å². The molecule has 0 saturated carbocycles. The van der Waals surface area contributed by atoms with Crippen LogP contribution in [-0.4, -0.2) is 29.4 Å². The van der Waals surface area contributed by atoms with E-state index in [1.54, 1.807) is 37.3 Å². The zero-order valence-electron chi connectivity index (χ0n) is 14.3. The average molecular weight is 355 g/mol. The lowest BCUT2D eigenvalue weighted by Gasteiger charge is -2.31. The molecule has 1 heterocycles. The summed E-state index contributed by atoms with van der Waals surface area (Å²) in [7, 11) is 0. The number of amides is 2. The van der Waals surface area contributed by atoms with Crippen LogP contribution in [0.15, 0.2) is 42.5 Å². The Bertz CT molecular complexity index is 896. The fourth-order valence-electron chi connectivity index (χ4n) is 2.76. The normalized spacial score (nSPS) is 14.2. The second-order valence-corrected chi connectivity index (χ2v) is 5.98. The highest BCUT2D eigenvalue weighted by Crippen LogP contribution is 2.31. The summed E-state index contributed by atoms with van der Waals surface area (Å²) in [6.07, 6.45) is -1.00. The van der Waals surface area contributed by atoms with Crippen LogP contribution in [0.4, 0.5) is 17.1 Å². The van der Waals surface area contributed by atoms with Crippen LogP contribution in [0.1, 0.15) is 12.5 Å². The Balaban J connectivity index is 1.85. The summed E-state index contributed by atoms with van der Waals surface area (Å²) in [6.45, 7) is 3.09. The van der Waals surface area contributed by atoms with Crippen LogP contribution >= 0.6 is 0 Å². The maximum Gasteiger partial charge on any atom is 0.311 e. The van der Waals surface area contributed by atoms with E-state index >= 15 is 0 Å². The molecule has 0 fully saturated rings. The van der Waals surface area contributed by atoms with E-state index in [9.17, 15) is 19.7 Å². The topological polar surface area (TPSA) is 102 Å². The lowest BCUT2D eigenvalue weighted by Crippen LogP contribution is -2.47. The molecule has 1 aliphatic rings. The van der Waals surface area contributed by atoms with Gasteiger partial charge in [-0.05, 0) is 37.6 Å². The first kappa shape index (κ1) is 17.4. The van der Waals surface area contributed by atoms with Gasteiger partial charge in [0.25, 0.3) is 5.91 Å². The Morgan fingerprint density at radius 3 is 2.77 bits per heavy atom. The molecule has 0 aromatic heterocycles. The Labute approximate surface area is 149 Å². The first-order valence-corrected chi connectivity index (χ1v) is 7.99. The third-order valence-corrected chi connectivity index (χ3v) is 4.00. The number of aryl methyl sites for hydroxylation is 1. The standard InChI is InChI=1S/C18H17N3O5/c1-11-7-8-16(15(9-11)21(24)25)26-12(2)18(23)20-10-17(22)19-13-5-3-4-6-14(13)20/h3-9,12H,10H2,1-2H3,(H,19,22)/t12-/m0/s1. The van der Waals surface area contributed by atoms with E-state index in [0.717, 1.165) is 0 Å². The molecule has 0 saturated heterocycles. The SMILES string of the molecule is Cc1ccc(O[C@@H](C)C(=O)N2CC(=O)Nc3ccccc32)c([N+](=O)[O-])c1. The number of benzene rings is 2. The Hall–Kier alpha value is -3.42. The van der Waals surface area contributed by atoms with E-state index in [-0.39, 0.29) is 23.9 Å². The van der Waals surface area contributed by atoms with Gasteiger partial charge in [-0.1, -0.05) is 18.2 Å². The first-order valence-electron chi connectivity index (χ1n) is 7.99. The summed E-state index contributed by atoms with van der Waals surface area (Å²) in [5.41, 5.74) is 1.60. The van der Waals surface area contributed by atoms with Gasteiger partial charge in [0.2, 0.25) is 5.91 Å². The largest absolute Gasteiger partial charge is 0.474 e. The molecule has 8 nitrogen and oxygen atoms in total. The van der Waals surface area contributed by atoms with Crippen molar-refractivity contribution in [3.8, 4) is 5.75 Å². The molecule has 1 atom stereocenters. The minimum absolute atomic E-state index is 0.0104. The molecule has 26 heavy (non-hydrogen) atoms. The molecule has 1 N–H and O–H groups in total. The van der Waals surface area contributed by atoms with Gasteiger partial charge in [-0.25, -0.2) is 0 Å². The van der Waals surface area contributed by atoms with E-state index in [4.69, 9.17) is 4.74 Å². The fraction of sp³-hybridized carbons (Fsp3) is 0.222. The summed E-state index contributed by atoms with van der Waals surface area (Å²) >= 11 is 0. The predicted octanol–water partition coefficient (Wildman–Crippen LogP) is 2.66. The molecule has 0 radical (unpaired) electrons. The molecule has 2 amide bonds.